The van der Waals surface area contributed by atoms with E-state index < -0.39 is 0 Å². The van der Waals surface area contributed by atoms with E-state index in [0.29, 0.717) is 33.5 Å². The average Bonchev–Trinajstić information content (AvgIpc) is 2.91. The van der Waals surface area contributed by atoms with Crippen molar-refractivity contribution in [3.63, 3.8) is 0 Å². The number of carbonyl (C=O) groups is 1. The van der Waals surface area contributed by atoms with Crippen molar-refractivity contribution in [1.82, 2.24) is 0 Å². The molecule has 8 atom stereocenters. The van der Waals surface area contributed by atoms with E-state index in [1.807, 2.05) is 42.0 Å². The van der Waals surface area contributed by atoms with Crippen molar-refractivity contribution in [2.75, 3.05) is 0 Å². The van der Waals surface area contributed by atoms with Crippen LogP contribution in [0.4, 0.5) is 0 Å². The van der Waals surface area contributed by atoms with Crippen molar-refractivity contribution < 1.29 is 9.53 Å². The lowest BCUT2D eigenvalue weighted by Gasteiger charge is -2.71. The van der Waals surface area contributed by atoms with E-state index in [4.69, 9.17) is 4.74 Å². The van der Waals surface area contributed by atoms with Gasteiger partial charge in [-0.25, -0.2) is 4.79 Å². The zero-order valence-corrected chi connectivity index (χ0v) is 27.3. The number of benzene rings is 1. The molecule has 5 aliphatic carbocycles. The van der Waals surface area contributed by atoms with E-state index in [1.165, 1.54) is 51.4 Å². The molecule has 2 nitrogen and oxygen atoms in total. The second-order valence-corrected chi connectivity index (χ2v) is 17.4. The summed E-state index contributed by atoms with van der Waals surface area (Å²) in [4.78, 5) is 13.0. The minimum absolute atomic E-state index is 0.0250. The maximum atomic E-state index is 13.0. The number of carbonyl (C=O) groups excluding carboxylic acids is 1. The summed E-state index contributed by atoms with van der Waals surface area (Å²) >= 11 is 0. The highest BCUT2D eigenvalue weighted by Gasteiger charge is 2.68. The number of hydrogen-bond donors (Lipinski definition) is 0. The third-order valence-corrected chi connectivity index (χ3v) is 14.5. The summed E-state index contributed by atoms with van der Waals surface area (Å²) in [5.41, 5.74) is 4.72. The van der Waals surface area contributed by atoms with Gasteiger partial charge in [0, 0.05) is 11.5 Å². The second-order valence-electron chi connectivity index (χ2n) is 17.4. The van der Waals surface area contributed by atoms with Crippen LogP contribution in [0.3, 0.4) is 0 Å². The largest absolute Gasteiger partial charge is 0.459 e. The van der Waals surface area contributed by atoms with E-state index >= 15 is 0 Å². The molecule has 0 aliphatic heterocycles. The van der Waals surface area contributed by atoms with Crippen molar-refractivity contribution in [3.05, 3.63) is 53.6 Å². The topological polar surface area (TPSA) is 26.3 Å². The molecule has 0 saturated heterocycles. The molecule has 1 aromatic rings. The predicted octanol–water partition coefficient (Wildman–Crippen LogP) is 10.4. The van der Waals surface area contributed by atoms with Crippen molar-refractivity contribution in [1.29, 1.82) is 0 Å². The van der Waals surface area contributed by atoms with Crippen LogP contribution >= 0.6 is 0 Å². The Morgan fingerprint density at radius 1 is 0.829 bits per heavy atom. The van der Waals surface area contributed by atoms with Crippen LogP contribution in [0.5, 0.6) is 0 Å². The van der Waals surface area contributed by atoms with Crippen LogP contribution in [0.2, 0.25) is 0 Å². The lowest BCUT2D eigenvalue weighted by Crippen LogP contribution is -2.64. The molecule has 41 heavy (non-hydrogen) atoms. The van der Waals surface area contributed by atoms with Crippen molar-refractivity contribution >= 4 is 12.0 Å². The first-order valence-corrected chi connectivity index (χ1v) is 16.8. The normalized spacial score (nSPS) is 44.5. The number of fused-ring (bicyclic) bond motifs is 7. The highest BCUT2D eigenvalue weighted by atomic mass is 16.5. The molecule has 0 aromatic heterocycles. The van der Waals surface area contributed by atoms with Gasteiger partial charge in [0.05, 0.1) is 0 Å². The summed E-state index contributed by atoms with van der Waals surface area (Å²) in [5.74, 6) is 1.81. The van der Waals surface area contributed by atoms with E-state index in [2.05, 4.69) is 61.5 Å². The molecule has 1 aromatic carbocycles. The molecule has 3 unspecified atom stereocenters. The molecule has 4 saturated carbocycles. The van der Waals surface area contributed by atoms with Crippen LogP contribution in [0, 0.1) is 50.2 Å². The maximum Gasteiger partial charge on any atom is 0.331 e. The van der Waals surface area contributed by atoms with Gasteiger partial charge in [0.2, 0.25) is 0 Å². The highest BCUT2D eigenvalue weighted by Crippen LogP contribution is 2.75. The van der Waals surface area contributed by atoms with E-state index in [-0.39, 0.29) is 22.9 Å². The molecule has 2 heteroatoms. The Balaban J connectivity index is 1.25. The van der Waals surface area contributed by atoms with Crippen LogP contribution in [0.25, 0.3) is 6.08 Å². The third kappa shape index (κ3) is 4.43. The number of hydrogen-bond acceptors (Lipinski definition) is 2. The molecule has 0 bridgehead atoms. The molecule has 0 amide bonds. The van der Waals surface area contributed by atoms with E-state index in [0.717, 1.165) is 24.3 Å². The van der Waals surface area contributed by atoms with Gasteiger partial charge in [0.1, 0.15) is 6.10 Å². The fourth-order valence-corrected chi connectivity index (χ4v) is 11.6. The van der Waals surface area contributed by atoms with Gasteiger partial charge in [-0.15, -0.1) is 0 Å². The van der Waals surface area contributed by atoms with Crippen molar-refractivity contribution in [2.45, 2.75) is 126 Å². The SMILES string of the molecule is CC1(C)CC[C@]2(C)CC[C@]3(C)C(=CCC4[C@@]5(C)CC[C@H](OC(=O)/C=C/c6ccccc6)C(C)(C)C5CC[C@]43C)C2C1. The molecule has 0 spiro atoms. The molecule has 0 heterocycles. The lowest BCUT2D eigenvalue weighted by atomic mass is 9.33. The minimum atomic E-state index is -0.199. The van der Waals surface area contributed by atoms with Crippen molar-refractivity contribution in [2.24, 2.45) is 50.2 Å². The molecule has 224 valence electrons. The van der Waals surface area contributed by atoms with Crippen LogP contribution in [0.15, 0.2) is 48.1 Å². The van der Waals surface area contributed by atoms with Gasteiger partial charge in [-0.1, -0.05) is 97.4 Å². The first kappa shape index (κ1) is 29.3. The maximum absolute atomic E-state index is 13.0. The van der Waals surface area contributed by atoms with E-state index in [9.17, 15) is 4.79 Å². The quantitative estimate of drug-likeness (QED) is 0.210. The Labute approximate surface area is 250 Å². The molecular formula is C39H56O2. The number of esters is 1. The van der Waals surface area contributed by atoms with Gasteiger partial charge in [-0.05, 0) is 121 Å². The van der Waals surface area contributed by atoms with Gasteiger partial charge in [-0.3, -0.25) is 0 Å². The van der Waals surface area contributed by atoms with Gasteiger partial charge in [0.25, 0.3) is 0 Å². The van der Waals surface area contributed by atoms with Gasteiger partial charge < -0.3 is 4.74 Å². The van der Waals surface area contributed by atoms with Gasteiger partial charge in [-0.2, -0.15) is 0 Å². The second kappa shape index (κ2) is 9.59. The molecule has 5 aliphatic rings. The molecule has 4 fully saturated rings. The van der Waals surface area contributed by atoms with Crippen LogP contribution in [0.1, 0.15) is 125 Å². The first-order chi connectivity index (χ1) is 19.1. The minimum Gasteiger partial charge on any atom is -0.459 e. The number of allylic oxidation sites excluding steroid dienone is 2. The molecular weight excluding hydrogens is 500 g/mol. The Bertz CT molecular complexity index is 1240. The molecule has 0 N–H and O–H groups in total. The summed E-state index contributed by atoms with van der Waals surface area (Å²) in [6.07, 6.45) is 19.1. The van der Waals surface area contributed by atoms with Gasteiger partial charge in [0.15, 0.2) is 0 Å². The Morgan fingerprint density at radius 3 is 2.27 bits per heavy atom. The Kier molecular flexibility index (Phi) is 6.84. The van der Waals surface area contributed by atoms with Gasteiger partial charge >= 0.3 is 5.97 Å². The van der Waals surface area contributed by atoms with Crippen LogP contribution < -0.4 is 0 Å². The smallest absolute Gasteiger partial charge is 0.331 e. The summed E-state index contributed by atoms with van der Waals surface area (Å²) in [6, 6.07) is 10.0. The summed E-state index contributed by atoms with van der Waals surface area (Å²) in [5, 5.41) is 0. The van der Waals surface area contributed by atoms with Crippen LogP contribution in [-0.4, -0.2) is 12.1 Å². The number of rotatable bonds is 3. The average molecular weight is 557 g/mol. The van der Waals surface area contributed by atoms with Crippen LogP contribution in [-0.2, 0) is 9.53 Å². The fraction of sp³-hybridized carbons (Fsp3) is 0.718. The van der Waals surface area contributed by atoms with Crippen molar-refractivity contribution in [3.8, 4) is 0 Å². The first-order valence-electron chi connectivity index (χ1n) is 16.8. The highest BCUT2D eigenvalue weighted by molar-refractivity contribution is 5.87. The third-order valence-electron chi connectivity index (χ3n) is 14.5. The molecule has 6 rings (SSSR count). The Morgan fingerprint density at radius 2 is 1.54 bits per heavy atom. The zero-order valence-electron chi connectivity index (χ0n) is 27.3. The monoisotopic (exact) mass is 556 g/mol. The van der Waals surface area contributed by atoms with E-state index in [1.54, 1.807) is 6.08 Å². The fourth-order valence-electron chi connectivity index (χ4n) is 11.6. The number of ether oxygens (including phenoxy) is 1. The summed E-state index contributed by atoms with van der Waals surface area (Å²) < 4.78 is 6.24. The zero-order chi connectivity index (χ0) is 29.5. The lowest BCUT2D eigenvalue weighted by molar-refractivity contribution is -0.210. The summed E-state index contributed by atoms with van der Waals surface area (Å²) in [7, 11) is 0. The summed E-state index contributed by atoms with van der Waals surface area (Å²) in [6.45, 7) is 20.5. The predicted molar refractivity (Wildman–Crippen MR) is 170 cm³/mol. The molecule has 0 radical (unpaired) electrons. The Hall–Kier alpha value is -1.83. The standard InChI is InChI=1S/C39H56O2/c1-34(2)22-23-36(5)24-25-38(7)28(29(36)26-34)15-16-31-37(6)20-19-32(35(3,4)30(37)18-21-39(31,38)8)41-33(40)17-14-27-12-10-9-11-13-27/h9-15,17,29-32H,16,18-26H2,1-8H3/b17-14+/t29?,30?,31?,32-,36+,37-,38+,39+/m0/s1.